The maximum absolute atomic E-state index is 13.6. The minimum Gasteiger partial charge on any atom is -0.481 e. The number of alkyl carbamates (subject to hydrolysis) is 1. The number of urea groups is 1. The molecule has 0 bridgehead atoms. The molecule has 15 nitrogen and oxygen atoms in total. The summed E-state index contributed by atoms with van der Waals surface area (Å²) in [5.41, 5.74) is 10.5. The molecule has 4 rings (SSSR count). The summed E-state index contributed by atoms with van der Waals surface area (Å²) in [4.78, 5) is 75.3. The Hall–Kier alpha value is -6.12. The fourth-order valence-corrected chi connectivity index (χ4v) is 5.87. The molecule has 3 aromatic carbocycles. The van der Waals surface area contributed by atoms with Gasteiger partial charge in [-0.25, -0.2) is 14.4 Å². The van der Waals surface area contributed by atoms with Gasteiger partial charge < -0.3 is 46.5 Å². The number of hydrogen-bond donors (Lipinski definition) is 6. The minimum absolute atomic E-state index is 0.00117. The summed E-state index contributed by atoms with van der Waals surface area (Å²) in [6.45, 7) is 3.66. The smallest absolute Gasteiger partial charge is 0.409 e. The van der Waals surface area contributed by atoms with Crippen LogP contribution in [-0.2, 0) is 30.5 Å². The van der Waals surface area contributed by atoms with Crippen LogP contribution in [-0.4, -0.2) is 84.8 Å². The van der Waals surface area contributed by atoms with Crippen LogP contribution in [0.5, 0.6) is 0 Å². The molecule has 1 aliphatic rings. The van der Waals surface area contributed by atoms with Crippen molar-refractivity contribution in [3.05, 3.63) is 89.5 Å². The number of nitrogens with zero attached hydrogens (tertiary/aromatic N) is 1. The molecular weight excluding hydrogens is 684 g/mol. The third kappa shape index (κ3) is 11.4. The fourth-order valence-electron chi connectivity index (χ4n) is 5.87. The minimum atomic E-state index is -1.05. The number of nitrogens with one attached hydrogen (secondary N) is 4. The molecule has 0 heterocycles. The van der Waals surface area contributed by atoms with Crippen LogP contribution in [0, 0.1) is 5.92 Å². The van der Waals surface area contributed by atoms with Crippen molar-refractivity contribution in [3.63, 3.8) is 0 Å². The molecule has 0 saturated heterocycles. The van der Waals surface area contributed by atoms with E-state index in [2.05, 4.69) is 21.3 Å². The number of fused-ring (bicyclic) bond motifs is 3. The van der Waals surface area contributed by atoms with Crippen LogP contribution in [0.4, 0.5) is 20.1 Å². The number of carboxylic acids is 1. The zero-order chi connectivity index (χ0) is 38.5. The molecule has 2 atom stereocenters. The maximum atomic E-state index is 13.6. The van der Waals surface area contributed by atoms with E-state index in [1.165, 1.54) is 7.05 Å². The van der Waals surface area contributed by atoms with Crippen LogP contribution in [0.2, 0.25) is 0 Å². The van der Waals surface area contributed by atoms with Crippen molar-refractivity contribution in [1.82, 2.24) is 20.9 Å². The molecule has 282 valence electrons. The molecule has 53 heavy (non-hydrogen) atoms. The van der Waals surface area contributed by atoms with E-state index in [-0.39, 0.29) is 51.0 Å². The summed E-state index contributed by atoms with van der Waals surface area (Å²) in [5.74, 6) is -2.70. The van der Waals surface area contributed by atoms with Gasteiger partial charge in [-0.3, -0.25) is 14.4 Å². The number of hydrogen-bond acceptors (Lipinski definition) is 8. The molecule has 0 spiro atoms. The first-order chi connectivity index (χ1) is 25.3. The molecule has 15 heteroatoms. The van der Waals surface area contributed by atoms with E-state index in [0.717, 1.165) is 27.2 Å². The number of rotatable bonds is 17. The van der Waals surface area contributed by atoms with Crippen LogP contribution >= 0.6 is 0 Å². The number of primary amides is 1. The SMILES string of the molecule is CC(C)[C@H](NC(=O)OCC1c2ccccc2-c2ccccc21)C(=O)N[C@@H](CCCNC(N)=O)C(=O)Nc1ccc(COC(=O)N(C)CCC(=O)O)cc1. The lowest BCUT2D eigenvalue weighted by Gasteiger charge is -2.25. The van der Waals surface area contributed by atoms with Crippen LogP contribution in [0.3, 0.4) is 0 Å². The third-order valence-corrected chi connectivity index (χ3v) is 8.72. The van der Waals surface area contributed by atoms with Gasteiger partial charge in [0.25, 0.3) is 0 Å². The van der Waals surface area contributed by atoms with E-state index in [1.54, 1.807) is 38.1 Å². The summed E-state index contributed by atoms with van der Waals surface area (Å²) < 4.78 is 10.9. The number of nitrogens with two attached hydrogens (primary N) is 1. The van der Waals surface area contributed by atoms with Crippen molar-refractivity contribution in [2.24, 2.45) is 11.7 Å². The monoisotopic (exact) mass is 730 g/mol. The first-order valence-corrected chi connectivity index (χ1v) is 17.3. The van der Waals surface area contributed by atoms with E-state index in [0.29, 0.717) is 17.7 Å². The van der Waals surface area contributed by atoms with Crippen molar-refractivity contribution >= 4 is 41.7 Å². The Kier molecular flexibility index (Phi) is 14.2. The largest absolute Gasteiger partial charge is 0.481 e. The van der Waals surface area contributed by atoms with Crippen molar-refractivity contribution in [3.8, 4) is 11.1 Å². The summed E-state index contributed by atoms with van der Waals surface area (Å²) in [6.07, 6.45) is -1.22. The average molecular weight is 731 g/mol. The number of carboxylic acid groups (broad SMARTS) is 1. The highest BCUT2D eigenvalue weighted by Gasteiger charge is 2.32. The van der Waals surface area contributed by atoms with E-state index < -0.39 is 48.1 Å². The van der Waals surface area contributed by atoms with Crippen molar-refractivity contribution in [1.29, 1.82) is 0 Å². The quantitative estimate of drug-likeness (QED) is 0.110. The first-order valence-electron chi connectivity index (χ1n) is 17.3. The second kappa shape index (κ2) is 18.9. The molecule has 1 aliphatic carbocycles. The highest BCUT2D eigenvalue weighted by Crippen LogP contribution is 2.44. The molecule has 0 aliphatic heterocycles. The first kappa shape index (κ1) is 39.7. The van der Waals surface area contributed by atoms with Gasteiger partial charge in [-0.15, -0.1) is 0 Å². The maximum Gasteiger partial charge on any atom is 0.409 e. The Labute approximate surface area is 307 Å². The van der Waals surface area contributed by atoms with Gasteiger partial charge >= 0.3 is 24.2 Å². The summed E-state index contributed by atoms with van der Waals surface area (Å²) >= 11 is 0. The molecule has 3 aromatic rings. The van der Waals surface area contributed by atoms with Crippen molar-refractivity contribution < 1.29 is 43.3 Å². The van der Waals surface area contributed by atoms with Gasteiger partial charge in [-0.05, 0) is 58.7 Å². The second-order valence-corrected chi connectivity index (χ2v) is 13.0. The van der Waals surface area contributed by atoms with Gasteiger partial charge in [-0.2, -0.15) is 0 Å². The Bertz CT molecular complexity index is 1740. The summed E-state index contributed by atoms with van der Waals surface area (Å²) in [7, 11) is 1.43. The zero-order valence-electron chi connectivity index (χ0n) is 29.9. The standard InChI is InChI=1S/C38H46N6O9/c1-23(2)33(43-37(50)52-22-30-28-11-6-4-9-26(28)27-10-5-7-12-29(27)30)35(48)42-31(13-8-19-40-36(39)49)34(47)41-25-16-14-24(15-17-25)21-53-38(51)44(3)20-18-32(45)46/h4-7,9-12,14-17,23,30-31,33H,8,13,18-22H2,1-3H3,(H,41,47)(H,42,48)(H,43,50)(H,45,46)(H3,39,40,49)/t31-,33-/m0/s1. The third-order valence-electron chi connectivity index (χ3n) is 8.72. The number of ether oxygens (including phenoxy) is 2. The van der Waals surface area contributed by atoms with E-state index in [4.69, 9.17) is 20.3 Å². The molecule has 0 radical (unpaired) electrons. The Morgan fingerprint density at radius 2 is 1.47 bits per heavy atom. The van der Waals surface area contributed by atoms with Gasteiger partial charge in [0.05, 0.1) is 6.42 Å². The lowest BCUT2D eigenvalue weighted by molar-refractivity contribution is -0.137. The van der Waals surface area contributed by atoms with Crippen LogP contribution in [0.15, 0.2) is 72.8 Å². The second-order valence-electron chi connectivity index (χ2n) is 13.0. The van der Waals surface area contributed by atoms with Gasteiger partial charge in [0.15, 0.2) is 0 Å². The molecule has 0 unspecified atom stereocenters. The average Bonchev–Trinajstić information content (AvgIpc) is 3.45. The van der Waals surface area contributed by atoms with Crippen LogP contribution in [0.1, 0.15) is 55.7 Å². The highest BCUT2D eigenvalue weighted by molar-refractivity contribution is 5.98. The van der Waals surface area contributed by atoms with Crippen molar-refractivity contribution in [2.45, 2.75) is 57.7 Å². The number of anilines is 1. The molecule has 7 N–H and O–H groups in total. The van der Waals surface area contributed by atoms with Gasteiger partial charge in [0, 0.05) is 31.7 Å². The fraction of sp³-hybridized carbons (Fsp3) is 0.368. The van der Waals surface area contributed by atoms with E-state index in [1.807, 2.05) is 48.5 Å². The van der Waals surface area contributed by atoms with Gasteiger partial charge in [-0.1, -0.05) is 74.5 Å². The predicted molar refractivity (Wildman–Crippen MR) is 196 cm³/mol. The normalized spacial score (nSPS) is 12.8. The predicted octanol–water partition coefficient (Wildman–Crippen LogP) is 4.16. The number of aliphatic carboxylic acids is 1. The van der Waals surface area contributed by atoms with E-state index in [9.17, 15) is 28.8 Å². The Balaban J connectivity index is 1.35. The van der Waals surface area contributed by atoms with Crippen molar-refractivity contribution in [2.75, 3.05) is 32.1 Å². The summed E-state index contributed by atoms with van der Waals surface area (Å²) in [5, 5.41) is 19.4. The topological polar surface area (TPSA) is 218 Å². The number of amides is 6. The Morgan fingerprint density at radius 1 is 0.849 bits per heavy atom. The lowest BCUT2D eigenvalue weighted by Crippen LogP contribution is -2.54. The molecule has 0 saturated carbocycles. The lowest BCUT2D eigenvalue weighted by atomic mass is 9.98. The Morgan fingerprint density at radius 3 is 2.06 bits per heavy atom. The number of carbonyl (C=O) groups excluding carboxylic acids is 5. The van der Waals surface area contributed by atoms with Gasteiger partial charge in [0.2, 0.25) is 11.8 Å². The number of carbonyl (C=O) groups is 6. The highest BCUT2D eigenvalue weighted by atomic mass is 16.6. The van der Waals surface area contributed by atoms with Gasteiger partial charge in [0.1, 0.15) is 25.3 Å². The van der Waals surface area contributed by atoms with E-state index >= 15 is 0 Å². The van der Waals surface area contributed by atoms with Crippen LogP contribution in [0.25, 0.3) is 11.1 Å². The molecule has 0 fully saturated rings. The summed E-state index contributed by atoms with van der Waals surface area (Å²) in [6, 6.07) is 19.6. The molecular formula is C38H46N6O9. The molecule has 6 amide bonds. The van der Waals surface area contributed by atoms with Crippen LogP contribution < -0.4 is 27.0 Å². The number of benzene rings is 3. The molecule has 0 aromatic heterocycles. The zero-order valence-corrected chi connectivity index (χ0v) is 29.9.